The zero-order chi connectivity index (χ0) is 20.9. The lowest BCUT2D eigenvalue weighted by molar-refractivity contribution is -0.120. The summed E-state index contributed by atoms with van der Waals surface area (Å²) in [5.74, 6) is 0.650. The van der Waals surface area contributed by atoms with Crippen LogP contribution in [0.3, 0.4) is 0 Å². The Labute approximate surface area is 176 Å². The summed E-state index contributed by atoms with van der Waals surface area (Å²) in [6.07, 6.45) is 4.38. The van der Waals surface area contributed by atoms with Crippen molar-refractivity contribution in [2.24, 2.45) is 5.92 Å². The highest BCUT2D eigenvalue weighted by atomic mass is 32.1. The number of ether oxygens (including phenoxy) is 1. The third-order valence-electron chi connectivity index (χ3n) is 4.70. The molecule has 0 aromatic carbocycles. The van der Waals surface area contributed by atoms with E-state index in [1.54, 1.807) is 23.3 Å². The molecule has 0 radical (unpaired) electrons. The maximum atomic E-state index is 12.6. The molecule has 0 saturated carbocycles. The van der Waals surface area contributed by atoms with E-state index in [2.05, 4.69) is 35.5 Å². The quantitative estimate of drug-likeness (QED) is 0.581. The minimum absolute atomic E-state index is 0.0907. The Morgan fingerprint density at radius 1 is 1.23 bits per heavy atom. The summed E-state index contributed by atoms with van der Waals surface area (Å²) in [7, 11) is 0. The van der Waals surface area contributed by atoms with Crippen molar-refractivity contribution in [2.45, 2.75) is 19.8 Å². The second-order valence-electron chi connectivity index (χ2n) is 6.60. The molecule has 30 heavy (non-hydrogen) atoms. The van der Waals surface area contributed by atoms with E-state index in [9.17, 15) is 9.59 Å². The number of amides is 1. The second kappa shape index (κ2) is 8.95. The Kier molecular flexibility index (Phi) is 5.93. The molecular weight excluding hydrogens is 408 g/mol. The van der Waals surface area contributed by atoms with Gasteiger partial charge in [0.25, 0.3) is 0 Å². The van der Waals surface area contributed by atoms with Crippen molar-refractivity contribution >= 4 is 34.2 Å². The van der Waals surface area contributed by atoms with Crippen molar-refractivity contribution in [1.29, 1.82) is 0 Å². The van der Waals surface area contributed by atoms with Crippen molar-refractivity contribution in [2.75, 3.05) is 29.9 Å². The molecule has 3 aromatic heterocycles. The molecule has 0 aliphatic carbocycles. The zero-order valence-corrected chi connectivity index (χ0v) is 17.1. The van der Waals surface area contributed by atoms with Crippen molar-refractivity contribution in [3.05, 3.63) is 35.9 Å². The third-order valence-corrected chi connectivity index (χ3v) is 5.46. The Morgan fingerprint density at radius 3 is 2.67 bits per heavy atom. The third kappa shape index (κ3) is 4.43. The van der Waals surface area contributed by atoms with Crippen LogP contribution >= 0.6 is 11.3 Å². The zero-order valence-electron chi connectivity index (χ0n) is 16.3. The maximum Gasteiger partial charge on any atom is 0.357 e. The molecular formula is C18H20N8O3S. The first kappa shape index (κ1) is 19.9. The number of esters is 1. The van der Waals surface area contributed by atoms with Gasteiger partial charge in [-0.2, -0.15) is 5.10 Å². The predicted molar refractivity (Wildman–Crippen MR) is 109 cm³/mol. The maximum absolute atomic E-state index is 12.6. The van der Waals surface area contributed by atoms with Crippen molar-refractivity contribution in [1.82, 2.24) is 29.9 Å². The molecule has 11 nitrogen and oxygen atoms in total. The number of nitrogens with zero attached hydrogens (tertiary/aromatic N) is 7. The molecule has 3 aromatic rings. The van der Waals surface area contributed by atoms with Gasteiger partial charge in [0.05, 0.1) is 6.61 Å². The van der Waals surface area contributed by atoms with Crippen molar-refractivity contribution in [3.8, 4) is 5.82 Å². The molecule has 4 heterocycles. The Morgan fingerprint density at radius 2 is 2.00 bits per heavy atom. The van der Waals surface area contributed by atoms with Crippen molar-refractivity contribution < 1.29 is 14.3 Å². The van der Waals surface area contributed by atoms with Gasteiger partial charge in [-0.25, -0.2) is 19.4 Å². The average molecular weight is 428 g/mol. The van der Waals surface area contributed by atoms with Crippen LogP contribution < -0.4 is 10.2 Å². The molecule has 1 saturated heterocycles. The highest BCUT2D eigenvalue weighted by molar-refractivity contribution is 7.14. The van der Waals surface area contributed by atoms with Gasteiger partial charge < -0.3 is 15.0 Å². The molecule has 1 aliphatic rings. The molecule has 1 N–H and O–H groups in total. The van der Waals surface area contributed by atoms with Gasteiger partial charge in [0, 0.05) is 24.4 Å². The van der Waals surface area contributed by atoms with Gasteiger partial charge in [0.2, 0.25) is 5.91 Å². The van der Waals surface area contributed by atoms with E-state index in [1.165, 1.54) is 17.7 Å². The van der Waals surface area contributed by atoms with Gasteiger partial charge in [0.15, 0.2) is 22.5 Å². The predicted octanol–water partition coefficient (Wildman–Crippen LogP) is 1.55. The SMILES string of the molecule is CCOC(=O)c1csc(NC(=O)C2CCN(c3ccc(-n4cncn4)nn3)CC2)n1. The van der Waals surface area contributed by atoms with E-state index in [-0.39, 0.29) is 24.1 Å². The first-order valence-corrected chi connectivity index (χ1v) is 10.4. The number of aromatic nitrogens is 6. The lowest BCUT2D eigenvalue weighted by atomic mass is 9.96. The highest BCUT2D eigenvalue weighted by Gasteiger charge is 2.26. The fourth-order valence-corrected chi connectivity index (χ4v) is 3.83. The largest absolute Gasteiger partial charge is 0.461 e. The van der Waals surface area contributed by atoms with E-state index < -0.39 is 5.97 Å². The highest BCUT2D eigenvalue weighted by Crippen LogP contribution is 2.24. The van der Waals surface area contributed by atoms with Gasteiger partial charge in [-0.15, -0.1) is 21.5 Å². The number of piperidine rings is 1. The number of carbonyl (C=O) groups excluding carboxylic acids is 2. The summed E-state index contributed by atoms with van der Waals surface area (Å²) in [6.45, 7) is 3.41. The van der Waals surface area contributed by atoms with E-state index in [0.29, 0.717) is 36.9 Å². The summed E-state index contributed by atoms with van der Waals surface area (Å²) in [6, 6.07) is 3.72. The van der Waals surface area contributed by atoms with Crippen LogP contribution in [0.5, 0.6) is 0 Å². The summed E-state index contributed by atoms with van der Waals surface area (Å²) < 4.78 is 6.45. The Hall–Kier alpha value is -3.41. The van der Waals surface area contributed by atoms with Gasteiger partial charge in [0.1, 0.15) is 12.7 Å². The molecule has 12 heteroatoms. The summed E-state index contributed by atoms with van der Waals surface area (Å²) >= 11 is 1.21. The Bertz CT molecular complexity index is 997. The lowest BCUT2D eigenvalue weighted by Gasteiger charge is -2.31. The summed E-state index contributed by atoms with van der Waals surface area (Å²) in [5.41, 5.74) is 0.208. The van der Waals surface area contributed by atoms with Crippen molar-refractivity contribution in [3.63, 3.8) is 0 Å². The monoisotopic (exact) mass is 428 g/mol. The lowest BCUT2D eigenvalue weighted by Crippen LogP contribution is -2.38. The molecule has 1 aliphatic heterocycles. The number of hydrogen-bond acceptors (Lipinski definition) is 10. The average Bonchev–Trinajstić information content (AvgIpc) is 3.47. The van der Waals surface area contributed by atoms with Gasteiger partial charge in [-0.1, -0.05) is 0 Å². The normalized spacial score (nSPS) is 14.5. The smallest absolute Gasteiger partial charge is 0.357 e. The molecule has 4 rings (SSSR count). The molecule has 0 unspecified atom stereocenters. The van der Waals surface area contributed by atoms with Crippen LogP contribution in [0.2, 0.25) is 0 Å². The van der Waals surface area contributed by atoms with E-state index in [1.807, 2.05) is 12.1 Å². The van der Waals surface area contributed by atoms with Crippen LogP contribution in [0.1, 0.15) is 30.3 Å². The molecule has 1 fully saturated rings. The molecule has 0 bridgehead atoms. The minimum atomic E-state index is -0.487. The van der Waals surface area contributed by atoms with Crippen LogP contribution in [0, 0.1) is 5.92 Å². The molecule has 0 spiro atoms. The fourth-order valence-electron chi connectivity index (χ4n) is 3.14. The van der Waals surface area contributed by atoms with Gasteiger partial charge >= 0.3 is 5.97 Å². The number of carbonyl (C=O) groups is 2. The van der Waals surface area contributed by atoms with E-state index in [0.717, 1.165) is 5.82 Å². The number of thiazole rings is 1. The van der Waals surface area contributed by atoms with Gasteiger partial charge in [-0.3, -0.25) is 4.79 Å². The second-order valence-corrected chi connectivity index (χ2v) is 7.46. The summed E-state index contributed by atoms with van der Waals surface area (Å²) in [4.78, 5) is 34.4. The first-order valence-electron chi connectivity index (χ1n) is 9.51. The standard InChI is InChI=1S/C18H20N8O3S/c1-2-29-17(28)13-9-30-18(21-13)22-16(27)12-5-7-25(8-6-12)14-3-4-15(24-23-14)26-11-19-10-20-26/h3-4,9-12H,2,5-8H2,1H3,(H,21,22,27). The van der Waals surface area contributed by atoms with Gasteiger partial charge in [-0.05, 0) is 31.9 Å². The fraction of sp³-hybridized carbons (Fsp3) is 0.389. The van der Waals surface area contributed by atoms with Crippen LogP contribution in [0.15, 0.2) is 30.2 Å². The van der Waals surface area contributed by atoms with Crippen LogP contribution in [0.25, 0.3) is 5.82 Å². The molecule has 0 atom stereocenters. The number of nitrogens with one attached hydrogen (secondary N) is 1. The van der Waals surface area contributed by atoms with Crippen LogP contribution in [0.4, 0.5) is 10.9 Å². The van der Waals surface area contributed by atoms with E-state index in [4.69, 9.17) is 4.74 Å². The Balaban J connectivity index is 1.30. The molecule has 1 amide bonds. The summed E-state index contributed by atoms with van der Waals surface area (Å²) in [5, 5.41) is 17.3. The first-order chi connectivity index (χ1) is 14.6. The molecule has 156 valence electrons. The number of rotatable bonds is 6. The van der Waals surface area contributed by atoms with Crippen LogP contribution in [-0.2, 0) is 9.53 Å². The van der Waals surface area contributed by atoms with Crippen LogP contribution in [-0.4, -0.2) is 61.5 Å². The minimum Gasteiger partial charge on any atom is -0.461 e. The topological polar surface area (TPSA) is 128 Å². The number of hydrogen-bond donors (Lipinski definition) is 1. The number of anilines is 2. The van der Waals surface area contributed by atoms with E-state index >= 15 is 0 Å².